The van der Waals surface area contributed by atoms with Crippen LogP contribution in [0.15, 0.2) is 0 Å². The van der Waals surface area contributed by atoms with Crippen LogP contribution < -0.4 is 16.4 Å². The molecule has 1 aliphatic heterocycles. The van der Waals surface area contributed by atoms with E-state index in [4.69, 9.17) is 10.5 Å². The van der Waals surface area contributed by atoms with Crippen LogP contribution in [-0.4, -0.2) is 67.6 Å². The topological polar surface area (TPSA) is 114 Å². The quantitative estimate of drug-likeness (QED) is 0.561. The first kappa shape index (κ1) is 21.6. The molecule has 0 radical (unpaired) electrons. The van der Waals surface area contributed by atoms with Gasteiger partial charge >= 0.3 is 0 Å². The number of nitrogens with zero attached hydrogens (tertiary/aromatic N) is 1. The fourth-order valence-corrected chi connectivity index (χ4v) is 2.00. The summed E-state index contributed by atoms with van der Waals surface area (Å²) >= 11 is 0. The van der Waals surface area contributed by atoms with E-state index >= 15 is 0 Å². The minimum atomic E-state index is -0.653. The lowest BCUT2D eigenvalue weighted by atomic mass is 10.1. The average Bonchev–Trinajstić information content (AvgIpc) is 2.51. The van der Waals surface area contributed by atoms with Gasteiger partial charge in [0.1, 0.15) is 6.04 Å². The lowest BCUT2D eigenvalue weighted by molar-refractivity contribution is -0.139. The van der Waals surface area contributed by atoms with Crippen LogP contribution in [0, 0.1) is 5.92 Å². The van der Waals surface area contributed by atoms with E-state index < -0.39 is 18.0 Å². The van der Waals surface area contributed by atoms with Crippen molar-refractivity contribution in [2.45, 2.75) is 32.9 Å². The number of amides is 3. The normalized spacial score (nSPS) is 17.0. The van der Waals surface area contributed by atoms with Gasteiger partial charge in [0, 0.05) is 13.1 Å². The number of nitrogens with one attached hydrogen (secondary N) is 2. The lowest BCUT2D eigenvalue weighted by Gasteiger charge is -2.29. The minimum Gasteiger partial charge on any atom is -0.378 e. The highest BCUT2D eigenvalue weighted by atomic mass is 35.5. The molecule has 134 valence electrons. The molecule has 1 fully saturated rings. The van der Waals surface area contributed by atoms with Crippen molar-refractivity contribution in [1.29, 1.82) is 0 Å². The number of hydrogen-bond acceptors (Lipinski definition) is 5. The van der Waals surface area contributed by atoms with E-state index in [1.165, 1.54) is 0 Å². The van der Waals surface area contributed by atoms with Crippen LogP contribution in [0.3, 0.4) is 0 Å². The van der Waals surface area contributed by atoms with E-state index in [1.54, 1.807) is 11.8 Å². The Morgan fingerprint density at radius 1 is 1.17 bits per heavy atom. The van der Waals surface area contributed by atoms with Crippen molar-refractivity contribution in [2.75, 3.05) is 32.8 Å². The van der Waals surface area contributed by atoms with Gasteiger partial charge in [0.25, 0.3) is 0 Å². The molecule has 4 N–H and O–H groups in total. The number of halogens is 1. The molecular weight excluding hydrogens is 324 g/mol. The smallest absolute Gasteiger partial charge is 0.245 e. The van der Waals surface area contributed by atoms with E-state index in [9.17, 15) is 14.4 Å². The summed E-state index contributed by atoms with van der Waals surface area (Å²) in [6.45, 7) is 7.15. The minimum absolute atomic E-state index is 0. The van der Waals surface area contributed by atoms with Crippen molar-refractivity contribution in [1.82, 2.24) is 15.5 Å². The van der Waals surface area contributed by atoms with Crippen molar-refractivity contribution < 1.29 is 19.1 Å². The summed E-state index contributed by atoms with van der Waals surface area (Å²) in [5.74, 6) is -0.956. The van der Waals surface area contributed by atoms with Crippen molar-refractivity contribution in [3.05, 3.63) is 0 Å². The Hall–Kier alpha value is -1.38. The number of morpholine rings is 1. The van der Waals surface area contributed by atoms with Gasteiger partial charge in [-0.1, -0.05) is 13.8 Å². The summed E-state index contributed by atoms with van der Waals surface area (Å²) in [4.78, 5) is 37.2. The van der Waals surface area contributed by atoms with Gasteiger partial charge in [-0.05, 0) is 12.8 Å². The molecule has 0 saturated carbocycles. The molecule has 2 atom stereocenters. The van der Waals surface area contributed by atoms with Crippen LogP contribution in [0.5, 0.6) is 0 Å². The zero-order valence-electron chi connectivity index (χ0n) is 13.8. The summed E-state index contributed by atoms with van der Waals surface area (Å²) in [7, 11) is 0. The number of carbonyl (C=O) groups is 3. The van der Waals surface area contributed by atoms with Gasteiger partial charge in [-0.25, -0.2) is 0 Å². The van der Waals surface area contributed by atoms with Gasteiger partial charge < -0.3 is 26.0 Å². The van der Waals surface area contributed by atoms with Gasteiger partial charge in [-0.2, -0.15) is 0 Å². The largest absolute Gasteiger partial charge is 0.378 e. The molecule has 0 bridgehead atoms. The summed E-state index contributed by atoms with van der Waals surface area (Å²) < 4.78 is 5.18. The van der Waals surface area contributed by atoms with Crippen molar-refractivity contribution in [2.24, 2.45) is 11.7 Å². The van der Waals surface area contributed by atoms with Gasteiger partial charge in [-0.3, -0.25) is 14.4 Å². The molecule has 1 saturated heterocycles. The third-order valence-electron chi connectivity index (χ3n) is 3.51. The molecule has 3 amide bonds. The maximum atomic E-state index is 12.1. The number of carbonyl (C=O) groups excluding carboxylic acids is 3. The van der Waals surface area contributed by atoms with Crippen LogP contribution in [0.1, 0.15) is 20.8 Å². The van der Waals surface area contributed by atoms with Crippen molar-refractivity contribution in [3.8, 4) is 0 Å². The fourth-order valence-electron chi connectivity index (χ4n) is 2.00. The van der Waals surface area contributed by atoms with Crippen LogP contribution in [0.4, 0.5) is 0 Å². The maximum absolute atomic E-state index is 12.1. The van der Waals surface area contributed by atoms with Crippen molar-refractivity contribution >= 4 is 30.1 Å². The monoisotopic (exact) mass is 350 g/mol. The Morgan fingerprint density at radius 3 is 2.26 bits per heavy atom. The molecule has 0 aliphatic carbocycles. The standard InChI is InChI=1S/C14H26N4O4.ClH/c1-9(2)12(15)13(20)16-8-11(19)17-10(3)14(21)18-4-6-22-7-5-18;/h9-10,12H,4-8,15H2,1-3H3,(H,16,20)(H,17,19);1H/t10?,12-;/m0./s1. The second-order valence-corrected chi connectivity index (χ2v) is 5.71. The molecule has 8 nitrogen and oxygen atoms in total. The van der Waals surface area contributed by atoms with E-state index in [0.29, 0.717) is 26.3 Å². The van der Waals surface area contributed by atoms with Gasteiger partial charge in [0.05, 0.1) is 25.8 Å². The van der Waals surface area contributed by atoms with Crippen LogP contribution in [0.25, 0.3) is 0 Å². The van der Waals surface area contributed by atoms with E-state index in [1.807, 2.05) is 13.8 Å². The number of ether oxygens (including phenoxy) is 1. The van der Waals surface area contributed by atoms with Crippen LogP contribution >= 0.6 is 12.4 Å². The molecule has 0 aromatic rings. The number of nitrogens with two attached hydrogens (primary N) is 1. The molecule has 9 heteroatoms. The second-order valence-electron chi connectivity index (χ2n) is 5.71. The zero-order chi connectivity index (χ0) is 16.7. The Bertz CT molecular complexity index is 414. The molecule has 1 unspecified atom stereocenters. The molecule has 1 aliphatic rings. The lowest BCUT2D eigenvalue weighted by Crippen LogP contribution is -2.53. The van der Waals surface area contributed by atoms with E-state index in [0.717, 1.165) is 0 Å². The third-order valence-corrected chi connectivity index (χ3v) is 3.51. The first-order valence-electron chi connectivity index (χ1n) is 7.52. The Kier molecular flexibility index (Phi) is 9.78. The molecule has 1 heterocycles. The summed E-state index contributed by atoms with van der Waals surface area (Å²) in [6, 6.07) is -1.29. The highest BCUT2D eigenvalue weighted by molar-refractivity contribution is 5.90. The fraction of sp³-hybridized carbons (Fsp3) is 0.786. The summed E-state index contributed by atoms with van der Waals surface area (Å²) in [5.41, 5.74) is 5.68. The Labute approximate surface area is 142 Å². The first-order chi connectivity index (χ1) is 10.3. The summed E-state index contributed by atoms with van der Waals surface area (Å²) in [6.07, 6.45) is 0. The molecule has 1 rings (SSSR count). The van der Waals surface area contributed by atoms with Gasteiger partial charge in [0.15, 0.2) is 0 Å². The second kappa shape index (κ2) is 10.4. The highest BCUT2D eigenvalue weighted by Crippen LogP contribution is 2.00. The van der Waals surface area contributed by atoms with Gasteiger partial charge in [-0.15, -0.1) is 12.4 Å². The SMILES string of the molecule is CC(NC(=O)CNC(=O)[C@@H](N)C(C)C)C(=O)N1CCOCC1.Cl. The molecule has 23 heavy (non-hydrogen) atoms. The predicted molar refractivity (Wildman–Crippen MR) is 88.1 cm³/mol. The number of hydrogen-bond donors (Lipinski definition) is 3. The molecule has 0 aromatic heterocycles. The van der Waals surface area contributed by atoms with Crippen molar-refractivity contribution in [3.63, 3.8) is 0 Å². The van der Waals surface area contributed by atoms with Gasteiger partial charge in [0.2, 0.25) is 17.7 Å². The molecular formula is C14H27ClN4O4. The summed E-state index contributed by atoms with van der Waals surface area (Å²) in [5, 5.41) is 5.04. The van der Waals surface area contributed by atoms with Crippen LogP contribution in [0.2, 0.25) is 0 Å². The van der Waals surface area contributed by atoms with Crippen LogP contribution in [-0.2, 0) is 19.1 Å². The number of rotatable bonds is 6. The molecule has 0 aromatic carbocycles. The Balaban J connectivity index is 0.00000484. The Morgan fingerprint density at radius 2 is 1.74 bits per heavy atom. The first-order valence-corrected chi connectivity index (χ1v) is 7.52. The molecule has 0 spiro atoms. The van der Waals surface area contributed by atoms with E-state index in [-0.39, 0.29) is 36.7 Å². The third kappa shape index (κ3) is 7.15. The zero-order valence-corrected chi connectivity index (χ0v) is 14.6. The predicted octanol–water partition coefficient (Wildman–Crippen LogP) is -1.13. The highest BCUT2D eigenvalue weighted by Gasteiger charge is 2.24. The van der Waals surface area contributed by atoms with E-state index in [2.05, 4.69) is 10.6 Å². The average molecular weight is 351 g/mol. The maximum Gasteiger partial charge on any atom is 0.245 e.